The van der Waals surface area contributed by atoms with E-state index in [0.29, 0.717) is 5.56 Å². The van der Waals surface area contributed by atoms with Gasteiger partial charge in [-0.2, -0.15) is 0 Å². The second-order valence-corrected chi connectivity index (χ2v) is 4.80. The number of para-hydroxylation sites is 1. The van der Waals surface area contributed by atoms with Gasteiger partial charge in [0.05, 0.1) is 0 Å². The Morgan fingerprint density at radius 1 is 1.40 bits per heavy atom. The first kappa shape index (κ1) is 10.1. The van der Waals surface area contributed by atoms with E-state index in [1.807, 2.05) is 19.1 Å². The SMILES string of the molecule is Cc1cc(-c2ccccc2[N+](=O)[O-])[se]n1. The van der Waals surface area contributed by atoms with Crippen molar-refractivity contribution in [2.45, 2.75) is 6.92 Å². The van der Waals surface area contributed by atoms with Crippen molar-refractivity contribution >= 4 is 20.4 Å². The third kappa shape index (κ3) is 1.98. The first-order chi connectivity index (χ1) is 7.18. The average Bonchev–Trinajstić information content (AvgIpc) is 2.65. The molecule has 15 heavy (non-hydrogen) atoms. The van der Waals surface area contributed by atoms with Crippen molar-refractivity contribution < 1.29 is 4.92 Å². The van der Waals surface area contributed by atoms with Gasteiger partial charge >= 0.3 is 92.4 Å². The summed E-state index contributed by atoms with van der Waals surface area (Å²) in [4.78, 5) is 10.5. The van der Waals surface area contributed by atoms with E-state index in [1.54, 1.807) is 12.1 Å². The monoisotopic (exact) mass is 268 g/mol. The van der Waals surface area contributed by atoms with Gasteiger partial charge in [0.15, 0.2) is 0 Å². The van der Waals surface area contributed by atoms with Crippen LogP contribution in [0.5, 0.6) is 0 Å². The van der Waals surface area contributed by atoms with Crippen LogP contribution in [0.15, 0.2) is 30.3 Å². The summed E-state index contributed by atoms with van der Waals surface area (Å²) in [6.07, 6.45) is 0. The van der Waals surface area contributed by atoms with E-state index in [0.717, 1.165) is 10.1 Å². The molecule has 1 heterocycles. The summed E-state index contributed by atoms with van der Waals surface area (Å²) in [5.41, 5.74) is 1.81. The molecule has 1 aromatic heterocycles. The Morgan fingerprint density at radius 2 is 2.13 bits per heavy atom. The van der Waals surface area contributed by atoms with Crippen LogP contribution in [0.3, 0.4) is 0 Å². The van der Waals surface area contributed by atoms with Crippen molar-refractivity contribution in [3.8, 4) is 10.0 Å². The molecule has 0 fully saturated rings. The van der Waals surface area contributed by atoms with E-state index in [1.165, 1.54) is 6.07 Å². The molecule has 0 bridgehead atoms. The molecule has 5 heteroatoms. The first-order valence-electron chi connectivity index (χ1n) is 4.35. The fourth-order valence-electron chi connectivity index (χ4n) is 1.33. The van der Waals surface area contributed by atoms with Crippen molar-refractivity contribution in [2.75, 3.05) is 0 Å². The number of nitro benzene ring substituents is 1. The number of aromatic nitrogens is 1. The molecule has 0 aliphatic carbocycles. The number of hydrogen-bond acceptors (Lipinski definition) is 3. The van der Waals surface area contributed by atoms with Crippen LogP contribution in [0.1, 0.15) is 5.69 Å². The van der Waals surface area contributed by atoms with Crippen molar-refractivity contribution in [1.82, 2.24) is 3.98 Å². The molecule has 0 saturated heterocycles. The molecule has 0 amide bonds. The average molecular weight is 267 g/mol. The second kappa shape index (κ2) is 3.96. The van der Waals surface area contributed by atoms with E-state index in [4.69, 9.17) is 0 Å². The van der Waals surface area contributed by atoms with Gasteiger partial charge in [-0.1, -0.05) is 0 Å². The summed E-state index contributed by atoms with van der Waals surface area (Å²) < 4.78 is 5.24. The molecule has 0 unspecified atom stereocenters. The molecular weight excluding hydrogens is 259 g/mol. The molecule has 4 nitrogen and oxygen atoms in total. The molecule has 0 radical (unpaired) electrons. The van der Waals surface area contributed by atoms with E-state index in [2.05, 4.69) is 3.98 Å². The van der Waals surface area contributed by atoms with E-state index in [9.17, 15) is 10.1 Å². The molecule has 0 aliphatic rings. The van der Waals surface area contributed by atoms with Crippen molar-refractivity contribution in [3.63, 3.8) is 0 Å². The molecule has 0 spiro atoms. The van der Waals surface area contributed by atoms with Crippen LogP contribution in [-0.4, -0.2) is 23.6 Å². The number of benzene rings is 1. The van der Waals surface area contributed by atoms with E-state index in [-0.39, 0.29) is 25.3 Å². The topological polar surface area (TPSA) is 56.0 Å². The summed E-state index contributed by atoms with van der Waals surface area (Å²) in [6, 6.07) is 8.72. The molecule has 2 rings (SSSR count). The number of nitro groups is 1. The van der Waals surface area contributed by atoms with Gasteiger partial charge in [0.1, 0.15) is 0 Å². The predicted octanol–water partition coefficient (Wildman–Crippen LogP) is 2.02. The predicted molar refractivity (Wildman–Crippen MR) is 58.0 cm³/mol. The molecule has 1 aromatic carbocycles. The third-order valence-corrected chi connectivity index (χ3v) is 3.91. The van der Waals surface area contributed by atoms with Crippen LogP contribution in [0.2, 0.25) is 0 Å². The van der Waals surface area contributed by atoms with Gasteiger partial charge in [0, 0.05) is 0 Å². The quantitative estimate of drug-likeness (QED) is 0.475. The van der Waals surface area contributed by atoms with Gasteiger partial charge in [0.2, 0.25) is 0 Å². The van der Waals surface area contributed by atoms with Gasteiger partial charge in [0.25, 0.3) is 0 Å². The Kier molecular flexibility index (Phi) is 2.66. The number of nitrogens with zero attached hydrogens (tertiary/aromatic N) is 2. The maximum absolute atomic E-state index is 10.8. The fourth-order valence-corrected chi connectivity index (χ4v) is 2.99. The maximum atomic E-state index is 10.8. The van der Waals surface area contributed by atoms with Crippen molar-refractivity contribution in [1.29, 1.82) is 0 Å². The van der Waals surface area contributed by atoms with E-state index < -0.39 is 0 Å². The summed E-state index contributed by atoms with van der Waals surface area (Å²) in [5.74, 6) is 0. The normalized spacial score (nSPS) is 10.2. The zero-order valence-electron chi connectivity index (χ0n) is 8.01. The Morgan fingerprint density at radius 3 is 2.73 bits per heavy atom. The summed E-state index contributed by atoms with van der Waals surface area (Å²) in [7, 11) is 0. The van der Waals surface area contributed by atoms with Crippen LogP contribution in [0.4, 0.5) is 5.69 Å². The molecule has 0 N–H and O–H groups in total. The van der Waals surface area contributed by atoms with E-state index >= 15 is 0 Å². The molecule has 0 aliphatic heterocycles. The molecule has 76 valence electrons. The van der Waals surface area contributed by atoms with Crippen LogP contribution < -0.4 is 0 Å². The zero-order valence-corrected chi connectivity index (χ0v) is 9.72. The fraction of sp³-hybridized carbons (Fsp3) is 0.100. The van der Waals surface area contributed by atoms with Crippen LogP contribution >= 0.6 is 0 Å². The number of hydrogen-bond donors (Lipinski definition) is 0. The van der Waals surface area contributed by atoms with Crippen LogP contribution in [0, 0.1) is 17.0 Å². The summed E-state index contributed by atoms with van der Waals surface area (Å²) in [6.45, 7) is 1.91. The van der Waals surface area contributed by atoms with Crippen molar-refractivity contribution in [3.05, 3.63) is 46.1 Å². The van der Waals surface area contributed by atoms with Gasteiger partial charge in [-0.15, -0.1) is 0 Å². The third-order valence-electron chi connectivity index (χ3n) is 1.99. The van der Waals surface area contributed by atoms with Crippen LogP contribution in [-0.2, 0) is 0 Å². The van der Waals surface area contributed by atoms with Crippen LogP contribution in [0.25, 0.3) is 10.0 Å². The van der Waals surface area contributed by atoms with Crippen molar-refractivity contribution in [2.24, 2.45) is 0 Å². The Hall–Kier alpha value is -1.45. The standard InChI is InChI=1S/C10H8N2O2Se/c1-7-6-10(15-11-7)8-4-2-3-5-9(8)12(13)14/h2-6H,1H3. The Bertz CT molecular complexity index is 508. The van der Waals surface area contributed by atoms with Gasteiger partial charge in [-0.3, -0.25) is 0 Å². The molecule has 0 atom stereocenters. The molecule has 2 aromatic rings. The molecule has 0 saturated carbocycles. The van der Waals surface area contributed by atoms with Gasteiger partial charge in [-0.05, 0) is 0 Å². The van der Waals surface area contributed by atoms with Gasteiger partial charge in [-0.25, -0.2) is 0 Å². The molecular formula is C10H8N2O2Se. The summed E-state index contributed by atoms with van der Waals surface area (Å²) >= 11 is -0.0177. The Labute approximate surface area is 92.7 Å². The summed E-state index contributed by atoms with van der Waals surface area (Å²) in [5, 5.41) is 10.8. The minimum atomic E-state index is -0.347. The zero-order chi connectivity index (χ0) is 10.8. The second-order valence-electron chi connectivity index (χ2n) is 3.11. The first-order valence-corrected chi connectivity index (χ1v) is 5.98. The van der Waals surface area contributed by atoms with Gasteiger partial charge < -0.3 is 0 Å². The minimum absolute atomic E-state index is 0.0177. The number of aryl methyl sites for hydroxylation is 1. The number of rotatable bonds is 2. The Balaban J connectivity index is 2.57.